The highest BCUT2D eigenvalue weighted by molar-refractivity contribution is 5.95. The fourth-order valence-electron chi connectivity index (χ4n) is 4.46. The molecule has 5 heteroatoms. The lowest BCUT2D eigenvalue weighted by Gasteiger charge is -2.37. The third kappa shape index (κ3) is 5.80. The van der Waals surface area contributed by atoms with Crippen LogP contribution in [0.4, 0.5) is 0 Å². The Hall–Kier alpha value is -3.60. The van der Waals surface area contributed by atoms with Crippen molar-refractivity contribution in [2.75, 3.05) is 26.7 Å². The van der Waals surface area contributed by atoms with Crippen molar-refractivity contribution in [3.8, 4) is 5.75 Å². The number of nitrogens with one attached hydrogen (secondary N) is 1. The SMILES string of the molecule is COc1ccc(C(=O)N2C[C@@H](C(=O)NCCc3ccccc3)C[C@@H](c3ccccc3)C2)cc1. The van der Waals surface area contributed by atoms with Gasteiger partial charge in [0.25, 0.3) is 5.91 Å². The Morgan fingerprint density at radius 3 is 2.24 bits per heavy atom. The second-order valence-electron chi connectivity index (χ2n) is 8.51. The van der Waals surface area contributed by atoms with Crippen LogP contribution in [-0.4, -0.2) is 43.5 Å². The van der Waals surface area contributed by atoms with Crippen LogP contribution in [0.25, 0.3) is 0 Å². The predicted molar refractivity (Wildman–Crippen MR) is 129 cm³/mol. The molecule has 1 N–H and O–H groups in total. The minimum absolute atomic E-state index is 0.0130. The fraction of sp³-hybridized carbons (Fsp3) is 0.286. The van der Waals surface area contributed by atoms with Crippen molar-refractivity contribution in [3.05, 3.63) is 102 Å². The zero-order chi connectivity index (χ0) is 23.0. The largest absolute Gasteiger partial charge is 0.497 e. The highest BCUT2D eigenvalue weighted by Gasteiger charge is 2.34. The number of methoxy groups -OCH3 is 1. The minimum Gasteiger partial charge on any atom is -0.497 e. The summed E-state index contributed by atoms with van der Waals surface area (Å²) >= 11 is 0. The van der Waals surface area contributed by atoms with E-state index in [4.69, 9.17) is 4.74 Å². The van der Waals surface area contributed by atoms with E-state index in [9.17, 15) is 9.59 Å². The Morgan fingerprint density at radius 1 is 0.909 bits per heavy atom. The van der Waals surface area contributed by atoms with Crippen LogP contribution in [-0.2, 0) is 11.2 Å². The highest BCUT2D eigenvalue weighted by atomic mass is 16.5. The summed E-state index contributed by atoms with van der Waals surface area (Å²) in [6.45, 7) is 1.61. The van der Waals surface area contributed by atoms with Gasteiger partial charge in [-0.2, -0.15) is 0 Å². The summed E-state index contributed by atoms with van der Waals surface area (Å²) in [5, 5.41) is 3.09. The summed E-state index contributed by atoms with van der Waals surface area (Å²) in [4.78, 5) is 28.2. The van der Waals surface area contributed by atoms with E-state index in [0.29, 0.717) is 30.9 Å². The van der Waals surface area contributed by atoms with Crippen LogP contribution in [0.15, 0.2) is 84.9 Å². The number of ether oxygens (including phenoxy) is 1. The Morgan fingerprint density at radius 2 is 1.58 bits per heavy atom. The Labute approximate surface area is 195 Å². The molecule has 1 aliphatic heterocycles. The highest BCUT2D eigenvalue weighted by Crippen LogP contribution is 2.31. The molecule has 0 aliphatic carbocycles. The van der Waals surface area contributed by atoms with Crippen molar-refractivity contribution in [1.82, 2.24) is 10.2 Å². The van der Waals surface area contributed by atoms with Gasteiger partial charge in [-0.05, 0) is 48.2 Å². The molecule has 0 unspecified atom stereocenters. The van der Waals surface area contributed by atoms with Crippen molar-refractivity contribution in [3.63, 3.8) is 0 Å². The van der Waals surface area contributed by atoms with Gasteiger partial charge in [-0.25, -0.2) is 0 Å². The van der Waals surface area contributed by atoms with Gasteiger partial charge in [0.05, 0.1) is 13.0 Å². The van der Waals surface area contributed by atoms with E-state index in [1.165, 1.54) is 5.56 Å². The average Bonchev–Trinajstić information content (AvgIpc) is 2.89. The van der Waals surface area contributed by atoms with Gasteiger partial charge in [0, 0.05) is 31.1 Å². The predicted octanol–water partition coefficient (Wildman–Crippen LogP) is 4.30. The number of carbonyl (C=O) groups is 2. The van der Waals surface area contributed by atoms with E-state index < -0.39 is 0 Å². The maximum atomic E-state index is 13.3. The van der Waals surface area contributed by atoms with Crippen LogP contribution in [0, 0.1) is 5.92 Å². The first-order valence-electron chi connectivity index (χ1n) is 11.4. The second kappa shape index (κ2) is 10.8. The molecule has 0 radical (unpaired) electrons. The first-order chi connectivity index (χ1) is 16.1. The third-order valence-corrected chi connectivity index (χ3v) is 6.27. The third-order valence-electron chi connectivity index (χ3n) is 6.27. The normalized spacial score (nSPS) is 17.9. The molecule has 0 bridgehead atoms. The number of hydrogen-bond donors (Lipinski definition) is 1. The smallest absolute Gasteiger partial charge is 0.253 e. The lowest BCUT2D eigenvalue weighted by atomic mass is 9.83. The van der Waals surface area contributed by atoms with Crippen LogP contribution in [0.1, 0.15) is 33.8 Å². The molecule has 4 rings (SSSR count). The molecule has 3 aromatic carbocycles. The number of nitrogens with zero attached hydrogens (tertiary/aromatic N) is 1. The molecule has 1 heterocycles. The number of rotatable bonds is 7. The van der Waals surface area contributed by atoms with Crippen LogP contribution in [0.5, 0.6) is 5.75 Å². The van der Waals surface area contributed by atoms with Crippen molar-refractivity contribution < 1.29 is 14.3 Å². The van der Waals surface area contributed by atoms with E-state index in [2.05, 4.69) is 29.6 Å². The summed E-state index contributed by atoms with van der Waals surface area (Å²) in [6, 6.07) is 27.4. The maximum absolute atomic E-state index is 13.3. The first kappa shape index (κ1) is 22.6. The second-order valence-corrected chi connectivity index (χ2v) is 8.51. The van der Waals surface area contributed by atoms with E-state index >= 15 is 0 Å². The van der Waals surface area contributed by atoms with Gasteiger partial charge in [0.2, 0.25) is 5.91 Å². The molecule has 0 saturated carbocycles. The summed E-state index contributed by atoms with van der Waals surface area (Å²) in [5.74, 6) is 0.538. The van der Waals surface area contributed by atoms with Gasteiger partial charge in [0.15, 0.2) is 0 Å². The molecule has 3 aromatic rings. The summed E-state index contributed by atoms with van der Waals surface area (Å²) in [7, 11) is 1.60. The maximum Gasteiger partial charge on any atom is 0.253 e. The van der Waals surface area contributed by atoms with Crippen LogP contribution in [0.2, 0.25) is 0 Å². The lowest BCUT2D eigenvalue weighted by molar-refractivity contribution is -0.126. The van der Waals surface area contributed by atoms with Gasteiger partial charge >= 0.3 is 0 Å². The van der Waals surface area contributed by atoms with Gasteiger partial charge in [0.1, 0.15) is 5.75 Å². The molecule has 0 aromatic heterocycles. The molecule has 0 spiro atoms. The van der Waals surface area contributed by atoms with E-state index in [1.807, 2.05) is 41.3 Å². The number of hydrogen-bond acceptors (Lipinski definition) is 3. The van der Waals surface area contributed by atoms with Crippen LogP contribution in [0.3, 0.4) is 0 Å². The zero-order valence-corrected chi connectivity index (χ0v) is 18.9. The van der Waals surface area contributed by atoms with Crippen molar-refractivity contribution in [2.45, 2.75) is 18.8 Å². The summed E-state index contributed by atoms with van der Waals surface area (Å²) < 4.78 is 5.21. The zero-order valence-electron chi connectivity index (χ0n) is 18.9. The molecule has 1 saturated heterocycles. The number of likely N-dealkylation sites (tertiary alicyclic amines) is 1. The van der Waals surface area contributed by atoms with E-state index in [0.717, 1.165) is 18.4 Å². The van der Waals surface area contributed by atoms with Gasteiger partial charge in [-0.15, -0.1) is 0 Å². The quantitative estimate of drug-likeness (QED) is 0.594. The molecule has 33 heavy (non-hydrogen) atoms. The Bertz CT molecular complexity index is 1050. The molecular weight excluding hydrogens is 412 g/mol. The molecule has 1 aliphatic rings. The minimum atomic E-state index is -0.248. The lowest BCUT2D eigenvalue weighted by Crippen LogP contribution is -2.48. The van der Waals surface area contributed by atoms with Crippen molar-refractivity contribution >= 4 is 11.8 Å². The van der Waals surface area contributed by atoms with Gasteiger partial charge < -0.3 is 15.0 Å². The van der Waals surface area contributed by atoms with Crippen LogP contribution < -0.4 is 10.1 Å². The standard InChI is InChI=1S/C28H30N2O3/c1-33-26-14-12-23(13-15-26)28(32)30-19-24(22-10-6-3-7-11-22)18-25(20-30)27(31)29-17-16-21-8-4-2-5-9-21/h2-15,24-25H,16-20H2,1H3,(H,29,31)/t24-,25+/m1/s1. The van der Waals surface area contributed by atoms with Gasteiger partial charge in [-0.1, -0.05) is 60.7 Å². The molecule has 170 valence electrons. The number of piperidine rings is 1. The molecule has 1 fully saturated rings. The van der Waals surface area contributed by atoms with Crippen molar-refractivity contribution in [2.24, 2.45) is 5.92 Å². The number of amides is 2. The number of carbonyl (C=O) groups excluding carboxylic acids is 2. The molecule has 2 amide bonds. The Balaban J connectivity index is 1.47. The molecule has 5 nitrogen and oxygen atoms in total. The fourth-order valence-corrected chi connectivity index (χ4v) is 4.46. The monoisotopic (exact) mass is 442 g/mol. The Kier molecular flexibility index (Phi) is 7.40. The molecule has 2 atom stereocenters. The molecular formula is C28H30N2O3. The number of benzene rings is 3. The van der Waals surface area contributed by atoms with Crippen molar-refractivity contribution in [1.29, 1.82) is 0 Å². The summed E-state index contributed by atoms with van der Waals surface area (Å²) in [5.41, 5.74) is 2.96. The van der Waals surface area contributed by atoms with Crippen LogP contribution >= 0.6 is 0 Å². The summed E-state index contributed by atoms with van der Waals surface area (Å²) in [6.07, 6.45) is 1.52. The van der Waals surface area contributed by atoms with E-state index in [1.54, 1.807) is 31.4 Å². The first-order valence-corrected chi connectivity index (χ1v) is 11.4. The van der Waals surface area contributed by atoms with Gasteiger partial charge in [-0.3, -0.25) is 9.59 Å². The average molecular weight is 443 g/mol. The van der Waals surface area contributed by atoms with E-state index in [-0.39, 0.29) is 23.7 Å². The topological polar surface area (TPSA) is 58.6 Å².